The first-order valence-electron chi connectivity index (χ1n) is 14.4. The topological polar surface area (TPSA) is 210 Å². The molecular weight excluding hydrogens is 653 g/mol. The van der Waals surface area contributed by atoms with Gasteiger partial charge in [0.05, 0.1) is 11.4 Å². The van der Waals surface area contributed by atoms with E-state index in [4.69, 9.17) is 11.5 Å². The smallest absolute Gasteiger partial charge is 0.292 e. The number of benzene rings is 5. The SMILES string of the molecule is Nc1ccc(N=NC(C2=CC=CCC2(S(=O)(=O)O)S(=O)(=O)O)=C(N=Nc2ccc(N)c3ccccc23)c2ccccc2)c2ccccc12. The largest absolute Gasteiger partial charge is 0.398 e. The number of hydrogen-bond acceptors (Lipinski definition) is 10. The summed E-state index contributed by atoms with van der Waals surface area (Å²) in [6.07, 6.45) is 2.86. The Bertz CT molecular complexity index is 2420. The second-order valence-electron chi connectivity index (χ2n) is 10.8. The number of anilines is 2. The minimum Gasteiger partial charge on any atom is -0.398 e. The molecule has 5 aromatic carbocycles. The lowest BCUT2D eigenvalue weighted by atomic mass is 9.97. The predicted octanol–water partition coefficient (Wildman–Crippen LogP) is 7.75. The van der Waals surface area contributed by atoms with E-state index in [1.54, 1.807) is 91.0 Å². The highest BCUT2D eigenvalue weighted by Gasteiger charge is 2.59. The van der Waals surface area contributed by atoms with Crippen LogP contribution in [0, 0.1) is 0 Å². The molecule has 12 nitrogen and oxygen atoms in total. The van der Waals surface area contributed by atoms with Crippen molar-refractivity contribution in [1.82, 2.24) is 0 Å². The highest BCUT2D eigenvalue weighted by atomic mass is 32.3. The van der Waals surface area contributed by atoms with Crippen LogP contribution in [-0.2, 0) is 20.2 Å². The molecule has 0 saturated heterocycles. The van der Waals surface area contributed by atoms with E-state index in [2.05, 4.69) is 20.5 Å². The van der Waals surface area contributed by atoms with Gasteiger partial charge in [-0.05, 0) is 24.3 Å². The fourth-order valence-electron chi connectivity index (χ4n) is 5.57. The summed E-state index contributed by atoms with van der Waals surface area (Å²) >= 11 is 0. The quantitative estimate of drug-likeness (QED) is 0.0721. The van der Waals surface area contributed by atoms with Crippen LogP contribution in [0.25, 0.3) is 27.2 Å². The van der Waals surface area contributed by atoms with Gasteiger partial charge in [0.2, 0.25) is 0 Å². The zero-order valence-corrected chi connectivity index (χ0v) is 26.7. The Balaban J connectivity index is 1.70. The van der Waals surface area contributed by atoms with Crippen molar-refractivity contribution in [2.75, 3.05) is 11.5 Å². The first kappa shape index (κ1) is 32.4. The van der Waals surface area contributed by atoms with E-state index in [1.165, 1.54) is 12.2 Å². The van der Waals surface area contributed by atoms with Gasteiger partial charge in [0.1, 0.15) is 11.4 Å². The third-order valence-corrected chi connectivity index (χ3v) is 11.6. The first-order chi connectivity index (χ1) is 22.9. The summed E-state index contributed by atoms with van der Waals surface area (Å²) in [5, 5.41) is 20.5. The van der Waals surface area contributed by atoms with Gasteiger partial charge in [-0.15, -0.1) is 20.5 Å². The lowest BCUT2D eigenvalue weighted by Gasteiger charge is -2.31. The second-order valence-corrected chi connectivity index (χ2v) is 14.4. The molecule has 6 N–H and O–H groups in total. The maximum atomic E-state index is 13.0. The van der Waals surface area contributed by atoms with Crippen LogP contribution in [0.1, 0.15) is 12.0 Å². The molecule has 0 aromatic heterocycles. The summed E-state index contributed by atoms with van der Waals surface area (Å²) in [4.78, 5) is 0. The molecule has 0 unspecified atom stereocenters. The van der Waals surface area contributed by atoms with Crippen molar-refractivity contribution in [2.45, 2.75) is 10.5 Å². The summed E-state index contributed by atoms with van der Waals surface area (Å²) < 4.78 is 69.9. The van der Waals surface area contributed by atoms with Crippen LogP contribution in [-0.4, -0.2) is 30.0 Å². The van der Waals surface area contributed by atoms with Crippen molar-refractivity contribution in [3.63, 3.8) is 0 Å². The van der Waals surface area contributed by atoms with Crippen LogP contribution < -0.4 is 11.5 Å². The molecule has 0 heterocycles. The van der Waals surface area contributed by atoms with Crippen molar-refractivity contribution in [1.29, 1.82) is 0 Å². The normalized spacial score (nSPS) is 15.7. The van der Waals surface area contributed by atoms with Crippen molar-refractivity contribution < 1.29 is 25.9 Å². The van der Waals surface area contributed by atoms with Crippen LogP contribution in [0.15, 0.2) is 153 Å². The minimum atomic E-state index is -5.58. The Morgan fingerprint density at radius 2 is 1.06 bits per heavy atom. The van der Waals surface area contributed by atoms with Crippen LogP contribution in [0.3, 0.4) is 0 Å². The van der Waals surface area contributed by atoms with Gasteiger partial charge in [0, 0.05) is 50.5 Å². The number of allylic oxidation sites excluding steroid dienone is 4. The minimum absolute atomic E-state index is 0.113. The summed E-state index contributed by atoms with van der Waals surface area (Å²) in [6, 6.07) is 29.2. The highest BCUT2D eigenvalue weighted by molar-refractivity contribution is 8.05. The van der Waals surface area contributed by atoms with Crippen LogP contribution in [0.4, 0.5) is 22.7 Å². The lowest BCUT2D eigenvalue weighted by molar-refractivity contribution is 0.433. The zero-order valence-electron chi connectivity index (χ0n) is 25.0. The number of nitrogen functional groups attached to an aromatic ring is 2. The molecule has 242 valence electrons. The molecule has 6 rings (SSSR count). The van der Waals surface area contributed by atoms with E-state index in [-0.39, 0.29) is 5.70 Å². The first-order valence-corrected chi connectivity index (χ1v) is 17.3. The Hall–Kier alpha value is -5.54. The van der Waals surface area contributed by atoms with E-state index < -0.39 is 42.0 Å². The highest BCUT2D eigenvalue weighted by Crippen LogP contribution is 2.45. The fourth-order valence-corrected chi connectivity index (χ4v) is 8.13. The molecule has 48 heavy (non-hydrogen) atoms. The summed E-state index contributed by atoms with van der Waals surface area (Å²) in [7, 11) is -11.2. The fraction of sp³-hybridized carbons (Fsp3) is 0.0588. The summed E-state index contributed by atoms with van der Waals surface area (Å²) in [5.74, 6) is 0. The number of nitrogens with two attached hydrogens (primary N) is 2. The molecular formula is C34H28N6O6S2. The number of rotatable bonds is 8. The van der Waals surface area contributed by atoms with Crippen LogP contribution in [0.2, 0.25) is 0 Å². The van der Waals surface area contributed by atoms with Crippen molar-refractivity contribution in [2.24, 2.45) is 20.5 Å². The number of hydrogen-bond donors (Lipinski definition) is 4. The molecule has 0 atom stereocenters. The van der Waals surface area contributed by atoms with Gasteiger partial charge in [-0.3, -0.25) is 9.11 Å². The van der Waals surface area contributed by atoms with Crippen LogP contribution >= 0.6 is 0 Å². The molecule has 0 aliphatic heterocycles. The van der Waals surface area contributed by atoms with E-state index in [0.717, 1.165) is 6.08 Å². The molecule has 0 bridgehead atoms. The monoisotopic (exact) mass is 680 g/mol. The second kappa shape index (κ2) is 12.6. The van der Waals surface area contributed by atoms with Gasteiger partial charge < -0.3 is 11.5 Å². The van der Waals surface area contributed by atoms with Gasteiger partial charge in [0.15, 0.2) is 0 Å². The summed E-state index contributed by atoms with van der Waals surface area (Å²) in [5.41, 5.74) is 13.3. The molecule has 0 spiro atoms. The molecule has 1 aliphatic carbocycles. The van der Waals surface area contributed by atoms with Crippen molar-refractivity contribution in [3.05, 3.63) is 138 Å². The van der Waals surface area contributed by atoms with E-state index in [9.17, 15) is 25.9 Å². The Labute approximate surface area is 276 Å². The number of azo groups is 2. The average Bonchev–Trinajstić information content (AvgIpc) is 3.07. The van der Waals surface area contributed by atoms with Gasteiger partial charge in [-0.1, -0.05) is 97.1 Å². The van der Waals surface area contributed by atoms with Gasteiger partial charge >= 0.3 is 0 Å². The molecule has 0 fully saturated rings. The maximum Gasteiger partial charge on any atom is 0.292 e. The lowest BCUT2D eigenvalue weighted by Crippen LogP contribution is -2.48. The van der Waals surface area contributed by atoms with Gasteiger partial charge in [-0.2, -0.15) is 16.8 Å². The van der Waals surface area contributed by atoms with E-state index in [1.807, 2.05) is 12.1 Å². The molecule has 0 amide bonds. The molecule has 14 heteroatoms. The molecule has 0 saturated carbocycles. The van der Waals surface area contributed by atoms with Gasteiger partial charge in [0.25, 0.3) is 24.3 Å². The van der Waals surface area contributed by atoms with E-state index in [0.29, 0.717) is 49.9 Å². The number of nitrogens with zero attached hydrogens (tertiary/aromatic N) is 4. The third kappa shape index (κ3) is 5.77. The van der Waals surface area contributed by atoms with Crippen molar-refractivity contribution in [3.8, 4) is 0 Å². The molecule has 1 aliphatic rings. The molecule has 0 radical (unpaired) electrons. The standard InChI is InChI=1S/C34H28N6O6S2/c35-28-17-19-30(25-14-6-4-12-23(25)28)37-39-32(22-10-2-1-3-11-22)33(27-16-8-9-21-34(27,47(41,42)43)48(44,45)46)40-38-31-20-18-29(36)24-13-5-7-15-26(24)31/h1-20H,21,35-36H2,(H,41,42,43)(H,44,45,46). The van der Waals surface area contributed by atoms with E-state index >= 15 is 0 Å². The average molecular weight is 681 g/mol. The van der Waals surface area contributed by atoms with Crippen LogP contribution in [0.5, 0.6) is 0 Å². The number of fused-ring (bicyclic) bond motifs is 2. The Kier molecular flexibility index (Phi) is 8.49. The Morgan fingerprint density at radius 3 is 1.56 bits per heavy atom. The maximum absolute atomic E-state index is 13.0. The Morgan fingerprint density at radius 1 is 0.604 bits per heavy atom. The summed E-state index contributed by atoms with van der Waals surface area (Å²) in [6.45, 7) is 0. The predicted molar refractivity (Wildman–Crippen MR) is 187 cm³/mol. The van der Waals surface area contributed by atoms with Crippen molar-refractivity contribution >= 4 is 70.2 Å². The third-order valence-electron chi connectivity index (χ3n) is 7.94. The van der Waals surface area contributed by atoms with Gasteiger partial charge in [-0.25, -0.2) is 0 Å². The zero-order chi connectivity index (χ0) is 34.1. The molecule has 5 aromatic rings.